The molecular formula is C25H29N7O. The van der Waals surface area contributed by atoms with Crippen molar-refractivity contribution in [2.45, 2.75) is 38.7 Å². The minimum absolute atomic E-state index is 0.201. The van der Waals surface area contributed by atoms with E-state index in [1.807, 2.05) is 18.5 Å². The molecule has 4 aromatic rings. The van der Waals surface area contributed by atoms with Crippen LogP contribution in [0, 0.1) is 5.41 Å². The molecule has 6 rings (SSSR count). The second-order valence-corrected chi connectivity index (χ2v) is 9.85. The third-order valence-corrected chi connectivity index (χ3v) is 6.99. The minimum Gasteiger partial charge on any atom is -0.473 e. The van der Waals surface area contributed by atoms with Gasteiger partial charge in [0.25, 0.3) is 0 Å². The quantitative estimate of drug-likeness (QED) is 0.460. The molecule has 2 fully saturated rings. The number of hydrogen-bond donors (Lipinski definition) is 2. The van der Waals surface area contributed by atoms with E-state index >= 15 is 0 Å². The summed E-state index contributed by atoms with van der Waals surface area (Å²) >= 11 is 0. The first-order valence-electron chi connectivity index (χ1n) is 11.8. The molecule has 0 radical (unpaired) electrons. The summed E-state index contributed by atoms with van der Waals surface area (Å²) in [5, 5.41) is 4.37. The van der Waals surface area contributed by atoms with Gasteiger partial charge >= 0.3 is 0 Å². The summed E-state index contributed by atoms with van der Waals surface area (Å²) in [7, 11) is 2.15. The Kier molecular flexibility index (Phi) is 4.90. The van der Waals surface area contributed by atoms with Gasteiger partial charge in [-0.25, -0.2) is 15.0 Å². The molecule has 3 aromatic heterocycles. The molecule has 0 spiro atoms. The summed E-state index contributed by atoms with van der Waals surface area (Å²) in [5.41, 5.74) is 5.01. The van der Waals surface area contributed by atoms with E-state index in [4.69, 9.17) is 9.72 Å². The zero-order valence-corrected chi connectivity index (χ0v) is 19.1. The molecule has 8 heteroatoms. The summed E-state index contributed by atoms with van der Waals surface area (Å²) in [4.78, 5) is 24.2. The van der Waals surface area contributed by atoms with E-state index in [2.05, 4.69) is 56.3 Å². The summed E-state index contributed by atoms with van der Waals surface area (Å²) in [6.07, 6.45) is 10.4. The molecule has 1 aromatic carbocycles. The fraction of sp³-hybridized carbons (Fsp3) is 0.440. The summed E-state index contributed by atoms with van der Waals surface area (Å²) in [5.74, 6) is 1.26. The van der Waals surface area contributed by atoms with E-state index < -0.39 is 0 Å². The lowest BCUT2D eigenvalue weighted by molar-refractivity contribution is 0.110. The molecule has 1 aliphatic carbocycles. The molecular weight excluding hydrogens is 414 g/mol. The van der Waals surface area contributed by atoms with E-state index in [1.165, 1.54) is 12.8 Å². The van der Waals surface area contributed by atoms with Crippen LogP contribution in [-0.2, 0) is 0 Å². The predicted octanol–water partition coefficient (Wildman–Crippen LogP) is 4.25. The van der Waals surface area contributed by atoms with Gasteiger partial charge in [0.1, 0.15) is 11.8 Å². The van der Waals surface area contributed by atoms with Gasteiger partial charge in [-0.05, 0) is 55.8 Å². The summed E-state index contributed by atoms with van der Waals surface area (Å²) in [6.45, 7) is 5.31. The fourth-order valence-electron chi connectivity index (χ4n) is 4.41. The van der Waals surface area contributed by atoms with Gasteiger partial charge in [0, 0.05) is 43.0 Å². The number of aromatic nitrogens is 5. The number of ether oxygens (including phenoxy) is 1. The molecule has 2 aliphatic rings. The lowest BCUT2D eigenvalue weighted by Crippen LogP contribution is -2.35. The second kappa shape index (κ2) is 7.95. The van der Waals surface area contributed by atoms with E-state index in [0.717, 1.165) is 65.7 Å². The van der Waals surface area contributed by atoms with Gasteiger partial charge in [-0.1, -0.05) is 13.0 Å². The zero-order valence-electron chi connectivity index (χ0n) is 19.1. The molecule has 2 N–H and O–H groups in total. The zero-order chi connectivity index (χ0) is 22.4. The molecule has 1 aliphatic heterocycles. The van der Waals surface area contributed by atoms with Crippen LogP contribution in [-0.4, -0.2) is 62.6 Å². The third kappa shape index (κ3) is 4.23. The maximum Gasteiger partial charge on any atom is 0.233 e. The first-order chi connectivity index (χ1) is 16.0. The van der Waals surface area contributed by atoms with Crippen LogP contribution < -0.4 is 10.1 Å². The van der Waals surface area contributed by atoms with Crippen LogP contribution in [0.5, 0.6) is 5.88 Å². The van der Waals surface area contributed by atoms with Crippen LogP contribution in [0.2, 0.25) is 0 Å². The summed E-state index contributed by atoms with van der Waals surface area (Å²) in [6, 6.07) is 6.13. The molecule has 170 valence electrons. The van der Waals surface area contributed by atoms with E-state index in [0.29, 0.717) is 17.2 Å². The first kappa shape index (κ1) is 20.4. The van der Waals surface area contributed by atoms with Crippen molar-refractivity contribution in [1.29, 1.82) is 0 Å². The number of benzene rings is 1. The number of piperidine rings is 1. The normalized spacial score (nSPS) is 18.6. The number of anilines is 1. The molecule has 8 nitrogen and oxygen atoms in total. The highest BCUT2D eigenvalue weighted by Gasteiger charge is 2.37. The van der Waals surface area contributed by atoms with Crippen molar-refractivity contribution < 1.29 is 4.74 Å². The smallest absolute Gasteiger partial charge is 0.233 e. The van der Waals surface area contributed by atoms with Gasteiger partial charge in [-0.15, -0.1) is 0 Å². The van der Waals surface area contributed by atoms with E-state index in [1.54, 1.807) is 6.20 Å². The van der Waals surface area contributed by atoms with Gasteiger partial charge < -0.3 is 19.9 Å². The average Bonchev–Trinajstić information content (AvgIpc) is 3.42. The van der Waals surface area contributed by atoms with Crippen molar-refractivity contribution in [2.24, 2.45) is 5.41 Å². The fourth-order valence-corrected chi connectivity index (χ4v) is 4.41. The third-order valence-electron chi connectivity index (χ3n) is 6.99. The van der Waals surface area contributed by atoms with Crippen LogP contribution in [0.25, 0.3) is 33.2 Å². The number of likely N-dealkylation sites (tertiary alicyclic amines) is 1. The number of H-pyrrole nitrogens is 1. The lowest BCUT2D eigenvalue weighted by atomic mass is 10.1. The highest BCUT2D eigenvalue weighted by atomic mass is 16.5. The Balaban J connectivity index is 1.25. The van der Waals surface area contributed by atoms with Crippen molar-refractivity contribution in [3.8, 4) is 17.0 Å². The average molecular weight is 444 g/mol. The predicted molar refractivity (Wildman–Crippen MR) is 129 cm³/mol. The molecule has 1 saturated carbocycles. The Labute approximate surface area is 192 Å². The van der Waals surface area contributed by atoms with Crippen LogP contribution in [0.15, 0.2) is 36.8 Å². The van der Waals surface area contributed by atoms with E-state index in [-0.39, 0.29) is 6.10 Å². The maximum absolute atomic E-state index is 6.14. The van der Waals surface area contributed by atoms with Crippen molar-refractivity contribution in [3.05, 3.63) is 36.8 Å². The SMILES string of the molecule is CN1CCC(Oc2cnc3ccc(-c4c[nH]c5nc(NCC6(C)CC6)ncc45)cc3n2)CC1. The van der Waals surface area contributed by atoms with Crippen LogP contribution >= 0.6 is 0 Å². The molecule has 4 heterocycles. The topological polar surface area (TPSA) is 91.8 Å². The van der Waals surface area contributed by atoms with Gasteiger partial charge in [0.2, 0.25) is 11.8 Å². The Hall–Kier alpha value is -3.26. The number of nitrogens with zero attached hydrogens (tertiary/aromatic N) is 5. The largest absolute Gasteiger partial charge is 0.473 e. The van der Waals surface area contributed by atoms with Gasteiger partial charge in [-0.3, -0.25) is 0 Å². The maximum atomic E-state index is 6.14. The number of aromatic amines is 1. The number of rotatable bonds is 6. The Morgan fingerprint density at radius 3 is 2.79 bits per heavy atom. The van der Waals surface area contributed by atoms with Crippen molar-refractivity contribution >= 4 is 28.0 Å². The number of nitrogens with one attached hydrogen (secondary N) is 2. The highest BCUT2D eigenvalue weighted by Crippen LogP contribution is 2.44. The second-order valence-electron chi connectivity index (χ2n) is 9.85. The molecule has 0 atom stereocenters. The van der Waals surface area contributed by atoms with Crippen LogP contribution in [0.3, 0.4) is 0 Å². The monoisotopic (exact) mass is 443 g/mol. The molecule has 1 saturated heterocycles. The highest BCUT2D eigenvalue weighted by molar-refractivity contribution is 5.95. The molecule has 0 bridgehead atoms. The Bertz CT molecular complexity index is 1300. The summed E-state index contributed by atoms with van der Waals surface area (Å²) < 4.78 is 6.14. The van der Waals surface area contributed by atoms with Crippen LogP contribution in [0.4, 0.5) is 5.95 Å². The van der Waals surface area contributed by atoms with Gasteiger partial charge in [0.15, 0.2) is 0 Å². The first-order valence-corrected chi connectivity index (χ1v) is 11.8. The molecule has 0 unspecified atom stereocenters. The van der Waals surface area contributed by atoms with Crippen LogP contribution in [0.1, 0.15) is 32.6 Å². The molecule has 0 amide bonds. The Morgan fingerprint density at radius 1 is 1.12 bits per heavy atom. The Morgan fingerprint density at radius 2 is 1.97 bits per heavy atom. The standard InChI is InChI=1S/C25H29N7O/c1-25(7-8-25)15-29-24-28-13-19-18(12-27-23(19)31-24)16-3-4-20-21(11-16)30-22(14-26-20)33-17-5-9-32(2)10-6-17/h3-4,11-14,17H,5-10,15H2,1-2H3,(H2,27,28,29,31). The van der Waals surface area contributed by atoms with Crippen molar-refractivity contribution in [3.63, 3.8) is 0 Å². The minimum atomic E-state index is 0.201. The van der Waals surface area contributed by atoms with E-state index in [9.17, 15) is 0 Å². The van der Waals surface area contributed by atoms with Gasteiger partial charge in [0.05, 0.1) is 17.2 Å². The number of fused-ring (bicyclic) bond motifs is 2. The molecule has 33 heavy (non-hydrogen) atoms. The number of hydrogen-bond acceptors (Lipinski definition) is 7. The van der Waals surface area contributed by atoms with Crippen molar-refractivity contribution in [1.82, 2.24) is 29.8 Å². The van der Waals surface area contributed by atoms with Gasteiger partial charge in [-0.2, -0.15) is 4.98 Å². The lowest BCUT2D eigenvalue weighted by Gasteiger charge is -2.28. The van der Waals surface area contributed by atoms with Crippen molar-refractivity contribution in [2.75, 3.05) is 32.0 Å².